The number of amides is 2. The fourth-order valence-electron chi connectivity index (χ4n) is 3.57. The molecule has 160 valence electrons. The summed E-state index contributed by atoms with van der Waals surface area (Å²) < 4.78 is 5.75. The average Bonchev–Trinajstić information content (AvgIpc) is 3.13. The first-order valence-electron chi connectivity index (χ1n) is 10.7. The maximum atomic E-state index is 12.7. The van der Waals surface area contributed by atoms with Crippen molar-refractivity contribution in [3.8, 4) is 5.75 Å². The molecule has 0 aliphatic carbocycles. The number of benzene rings is 2. The van der Waals surface area contributed by atoms with Crippen molar-refractivity contribution in [2.45, 2.75) is 51.3 Å². The van der Waals surface area contributed by atoms with Crippen LogP contribution in [-0.4, -0.2) is 24.2 Å². The number of rotatable bonds is 10. The molecule has 1 aliphatic rings. The van der Waals surface area contributed by atoms with Crippen molar-refractivity contribution in [3.63, 3.8) is 0 Å². The Morgan fingerprint density at radius 1 is 1.13 bits per heavy atom. The number of carbonyl (C=O) groups is 2. The fraction of sp³-hybridized carbons (Fsp3) is 0.417. The van der Waals surface area contributed by atoms with E-state index in [1.807, 2.05) is 55.5 Å². The molecule has 0 radical (unpaired) electrons. The Bertz CT molecular complexity index is 871. The zero-order valence-electron chi connectivity index (χ0n) is 17.7. The lowest BCUT2D eigenvalue weighted by Gasteiger charge is -2.26. The van der Waals surface area contributed by atoms with Crippen molar-refractivity contribution < 1.29 is 14.3 Å². The van der Waals surface area contributed by atoms with Crippen molar-refractivity contribution in [1.29, 1.82) is 0 Å². The second-order valence-electron chi connectivity index (χ2n) is 7.31. The number of nitrogens with one attached hydrogen (secondary N) is 1. The summed E-state index contributed by atoms with van der Waals surface area (Å²) in [5, 5.41) is 2.85. The topological polar surface area (TPSA) is 58.6 Å². The summed E-state index contributed by atoms with van der Waals surface area (Å²) >= 11 is 1.59. The molecule has 0 bridgehead atoms. The number of nitrogens with zero attached hydrogens (tertiary/aromatic N) is 1. The van der Waals surface area contributed by atoms with E-state index < -0.39 is 0 Å². The number of thioether (sulfide) groups is 1. The van der Waals surface area contributed by atoms with Gasteiger partial charge < -0.3 is 10.1 Å². The quantitative estimate of drug-likeness (QED) is 0.490. The van der Waals surface area contributed by atoms with Crippen LogP contribution in [0.5, 0.6) is 5.75 Å². The van der Waals surface area contributed by atoms with E-state index in [2.05, 4.69) is 12.2 Å². The molecule has 1 aliphatic heterocycles. The number of unbranched alkanes of at least 4 members (excludes halogenated alkanes) is 3. The third-order valence-electron chi connectivity index (χ3n) is 5.01. The molecule has 1 N–H and O–H groups in total. The lowest BCUT2D eigenvalue weighted by atomic mass is 10.1. The summed E-state index contributed by atoms with van der Waals surface area (Å²) in [6.45, 7) is 4.63. The van der Waals surface area contributed by atoms with Crippen LogP contribution in [0.25, 0.3) is 0 Å². The lowest BCUT2D eigenvalue weighted by molar-refractivity contribution is -0.117. The van der Waals surface area contributed by atoms with Gasteiger partial charge in [-0.2, -0.15) is 0 Å². The molecular weight excluding hydrogens is 396 g/mol. The highest BCUT2D eigenvalue weighted by atomic mass is 32.2. The summed E-state index contributed by atoms with van der Waals surface area (Å²) in [6, 6.07) is 15.4. The van der Waals surface area contributed by atoms with Gasteiger partial charge in [-0.25, -0.2) is 0 Å². The number of anilines is 2. The molecule has 1 heterocycles. The van der Waals surface area contributed by atoms with E-state index >= 15 is 0 Å². The monoisotopic (exact) mass is 426 g/mol. The predicted octanol–water partition coefficient (Wildman–Crippen LogP) is 5.77. The van der Waals surface area contributed by atoms with Gasteiger partial charge >= 0.3 is 0 Å². The molecule has 1 atom stereocenters. The Labute approximate surface area is 183 Å². The van der Waals surface area contributed by atoms with Gasteiger partial charge in [0.2, 0.25) is 11.8 Å². The molecule has 5 nitrogen and oxygen atoms in total. The maximum absolute atomic E-state index is 12.7. The van der Waals surface area contributed by atoms with Gasteiger partial charge in [0.05, 0.1) is 18.0 Å². The second-order valence-corrected chi connectivity index (χ2v) is 8.38. The molecule has 2 aromatic rings. The van der Waals surface area contributed by atoms with E-state index in [4.69, 9.17) is 4.74 Å². The first kappa shape index (κ1) is 22.2. The molecule has 0 spiro atoms. The largest absolute Gasteiger partial charge is 0.492 e. The van der Waals surface area contributed by atoms with Crippen molar-refractivity contribution >= 4 is 35.0 Å². The maximum Gasteiger partial charge on any atom is 0.238 e. The second kappa shape index (κ2) is 11.1. The van der Waals surface area contributed by atoms with E-state index in [1.165, 1.54) is 0 Å². The Morgan fingerprint density at radius 2 is 1.97 bits per heavy atom. The molecule has 1 saturated heterocycles. The summed E-state index contributed by atoms with van der Waals surface area (Å²) in [4.78, 5) is 26.8. The van der Waals surface area contributed by atoms with Gasteiger partial charge in [-0.3, -0.25) is 14.5 Å². The summed E-state index contributed by atoms with van der Waals surface area (Å²) in [5.74, 6) is 1.22. The van der Waals surface area contributed by atoms with Crippen LogP contribution in [0, 0.1) is 0 Å². The molecule has 1 unspecified atom stereocenters. The normalized spacial score (nSPS) is 16.0. The first-order chi connectivity index (χ1) is 14.6. The average molecular weight is 427 g/mol. The Morgan fingerprint density at radius 3 is 2.77 bits per heavy atom. The highest BCUT2D eigenvalue weighted by Gasteiger charge is 2.35. The van der Waals surface area contributed by atoms with E-state index in [-0.39, 0.29) is 17.2 Å². The van der Waals surface area contributed by atoms with Crippen LogP contribution < -0.4 is 15.0 Å². The Balaban J connectivity index is 1.76. The van der Waals surface area contributed by atoms with Crippen LogP contribution in [0.4, 0.5) is 11.4 Å². The number of carbonyl (C=O) groups excluding carboxylic acids is 2. The van der Waals surface area contributed by atoms with Gasteiger partial charge in [-0.1, -0.05) is 50.5 Å². The van der Waals surface area contributed by atoms with Crippen LogP contribution in [0.1, 0.15) is 56.9 Å². The lowest BCUT2D eigenvalue weighted by Crippen LogP contribution is -2.28. The summed E-state index contributed by atoms with van der Waals surface area (Å²) in [6.07, 6.45) is 4.85. The molecular formula is C24H30N2O3S. The van der Waals surface area contributed by atoms with Crippen LogP contribution in [0.2, 0.25) is 0 Å². The van der Waals surface area contributed by atoms with Crippen LogP contribution >= 0.6 is 11.8 Å². The predicted molar refractivity (Wildman–Crippen MR) is 124 cm³/mol. The van der Waals surface area contributed by atoms with Gasteiger partial charge in [0.25, 0.3) is 0 Å². The molecule has 2 aromatic carbocycles. The molecule has 6 heteroatoms. The van der Waals surface area contributed by atoms with Gasteiger partial charge in [0.15, 0.2) is 0 Å². The van der Waals surface area contributed by atoms with Gasteiger partial charge in [-0.15, -0.1) is 11.8 Å². The first-order valence-corrected chi connectivity index (χ1v) is 11.7. The zero-order chi connectivity index (χ0) is 21.3. The molecule has 1 fully saturated rings. The van der Waals surface area contributed by atoms with Crippen molar-refractivity contribution in [2.24, 2.45) is 0 Å². The van der Waals surface area contributed by atoms with Crippen molar-refractivity contribution in [3.05, 3.63) is 54.1 Å². The van der Waals surface area contributed by atoms with E-state index in [0.717, 1.165) is 42.6 Å². The minimum absolute atomic E-state index is 0.0388. The molecule has 0 saturated carbocycles. The minimum Gasteiger partial charge on any atom is -0.492 e. The number of hydrogen-bond donors (Lipinski definition) is 1. The third kappa shape index (κ3) is 5.57. The molecule has 2 amide bonds. The molecule has 3 rings (SSSR count). The SMILES string of the molecule is CCCCCCC(=O)Nc1cccc(C2SCC(=O)N2c2ccccc2OCC)c1. The van der Waals surface area contributed by atoms with Crippen LogP contribution in [-0.2, 0) is 9.59 Å². The van der Waals surface area contributed by atoms with Gasteiger partial charge in [-0.05, 0) is 43.2 Å². The van der Waals surface area contributed by atoms with Gasteiger partial charge in [0, 0.05) is 12.1 Å². The van der Waals surface area contributed by atoms with Crippen molar-refractivity contribution in [1.82, 2.24) is 0 Å². The number of ether oxygens (including phenoxy) is 1. The standard InChI is InChI=1S/C24H30N2O3S/c1-3-5-6-7-15-22(27)25-19-12-10-11-18(16-19)24-26(23(28)17-30-24)20-13-8-9-14-21(20)29-4-2/h8-14,16,24H,3-7,15,17H2,1-2H3,(H,25,27). The summed E-state index contributed by atoms with van der Waals surface area (Å²) in [5.41, 5.74) is 2.54. The van der Waals surface area contributed by atoms with Crippen molar-refractivity contribution in [2.75, 3.05) is 22.6 Å². The fourth-order valence-corrected chi connectivity index (χ4v) is 4.73. The van der Waals surface area contributed by atoms with E-state index in [1.54, 1.807) is 16.7 Å². The van der Waals surface area contributed by atoms with E-state index in [9.17, 15) is 9.59 Å². The highest BCUT2D eigenvalue weighted by Crippen LogP contribution is 2.45. The highest BCUT2D eigenvalue weighted by molar-refractivity contribution is 8.00. The third-order valence-corrected chi connectivity index (χ3v) is 6.22. The molecule has 30 heavy (non-hydrogen) atoms. The van der Waals surface area contributed by atoms with Gasteiger partial charge in [0.1, 0.15) is 11.1 Å². The number of para-hydroxylation sites is 2. The number of hydrogen-bond acceptors (Lipinski definition) is 4. The molecule has 0 aromatic heterocycles. The Hall–Kier alpha value is -2.47. The van der Waals surface area contributed by atoms with Crippen LogP contribution in [0.3, 0.4) is 0 Å². The van der Waals surface area contributed by atoms with Crippen LogP contribution in [0.15, 0.2) is 48.5 Å². The Kier molecular flexibility index (Phi) is 8.20. The van der Waals surface area contributed by atoms with E-state index in [0.29, 0.717) is 24.5 Å². The minimum atomic E-state index is -0.152. The smallest absolute Gasteiger partial charge is 0.238 e. The zero-order valence-corrected chi connectivity index (χ0v) is 18.5. The summed E-state index contributed by atoms with van der Waals surface area (Å²) in [7, 11) is 0.